The topological polar surface area (TPSA) is 12.4 Å². The van der Waals surface area contributed by atoms with Gasteiger partial charge in [0.05, 0.1) is 6.54 Å². The molecular weight excluding hydrogens is 98.1 g/mol. The van der Waals surface area contributed by atoms with E-state index >= 15 is 0 Å². The van der Waals surface area contributed by atoms with Crippen molar-refractivity contribution in [3.05, 3.63) is 0 Å². The average Bonchev–Trinajstić information content (AvgIpc) is 2.43. The summed E-state index contributed by atoms with van der Waals surface area (Å²) in [5, 5.41) is 0. The Labute approximate surface area is 50.8 Å². The summed E-state index contributed by atoms with van der Waals surface area (Å²) >= 11 is 0. The van der Waals surface area contributed by atoms with Gasteiger partial charge in [-0.1, -0.05) is 20.8 Å². The van der Waals surface area contributed by atoms with Gasteiger partial charge in [0.1, 0.15) is 0 Å². The van der Waals surface area contributed by atoms with E-state index < -0.39 is 0 Å². The lowest BCUT2D eigenvalue weighted by Gasteiger charge is -2.08. The minimum atomic E-state index is 0.731. The van der Waals surface area contributed by atoms with Crippen LogP contribution in [0, 0.1) is 11.8 Å². The van der Waals surface area contributed by atoms with Crippen molar-refractivity contribution in [2.75, 3.05) is 6.54 Å². The second kappa shape index (κ2) is 1.88. The quantitative estimate of drug-likeness (QED) is 0.514. The molecule has 46 valence electrons. The maximum Gasteiger partial charge on any atom is 0.0771 e. The molecule has 0 bridgehead atoms. The zero-order chi connectivity index (χ0) is 6.15. The van der Waals surface area contributed by atoms with E-state index in [0.717, 1.165) is 18.4 Å². The minimum Gasteiger partial charge on any atom is -0.286 e. The molecule has 1 aliphatic heterocycles. The summed E-state index contributed by atoms with van der Waals surface area (Å²) in [5.41, 5.74) is 1.42. The zero-order valence-corrected chi connectivity index (χ0v) is 5.81. The molecule has 0 amide bonds. The summed E-state index contributed by atoms with van der Waals surface area (Å²) < 4.78 is 0. The van der Waals surface area contributed by atoms with Crippen LogP contribution in [-0.2, 0) is 0 Å². The Kier molecular flexibility index (Phi) is 1.37. The van der Waals surface area contributed by atoms with Gasteiger partial charge in [-0.25, -0.2) is 0 Å². The maximum absolute atomic E-state index is 4.14. The lowest BCUT2D eigenvalue weighted by molar-refractivity contribution is 0.537. The molecule has 0 spiro atoms. The third kappa shape index (κ3) is 1.09. The standard InChI is InChI=1S/C7H13N/c1-5(2)6(3)7-4-8-7/h5-6H,4H2,1-3H3. The highest BCUT2D eigenvalue weighted by Crippen LogP contribution is 2.17. The summed E-state index contributed by atoms with van der Waals surface area (Å²) in [6.45, 7) is 7.77. The van der Waals surface area contributed by atoms with Crippen molar-refractivity contribution in [1.29, 1.82) is 0 Å². The van der Waals surface area contributed by atoms with E-state index in [-0.39, 0.29) is 0 Å². The number of rotatable bonds is 2. The molecule has 1 aliphatic rings. The van der Waals surface area contributed by atoms with Crippen molar-refractivity contribution < 1.29 is 0 Å². The first-order chi connectivity index (χ1) is 3.72. The molecular formula is C7H13N. The second-order valence-electron chi connectivity index (χ2n) is 2.84. The lowest BCUT2D eigenvalue weighted by atomic mass is 9.96. The van der Waals surface area contributed by atoms with Gasteiger partial charge < -0.3 is 0 Å². The fraction of sp³-hybridized carbons (Fsp3) is 0.857. The van der Waals surface area contributed by atoms with E-state index in [1.807, 2.05) is 0 Å². The SMILES string of the molecule is CC(C)C(C)C1=NC1. The highest BCUT2D eigenvalue weighted by Gasteiger charge is 2.20. The molecule has 0 radical (unpaired) electrons. The first kappa shape index (κ1) is 5.80. The molecule has 1 heteroatoms. The van der Waals surface area contributed by atoms with Crippen molar-refractivity contribution >= 4 is 5.71 Å². The van der Waals surface area contributed by atoms with E-state index in [0.29, 0.717) is 0 Å². The molecule has 1 atom stereocenters. The fourth-order valence-corrected chi connectivity index (χ4v) is 0.718. The zero-order valence-electron chi connectivity index (χ0n) is 5.81. The summed E-state index contributed by atoms with van der Waals surface area (Å²) in [7, 11) is 0. The summed E-state index contributed by atoms with van der Waals surface area (Å²) in [4.78, 5) is 4.14. The van der Waals surface area contributed by atoms with E-state index in [1.165, 1.54) is 5.71 Å². The Bertz CT molecular complexity index is 114. The van der Waals surface area contributed by atoms with Crippen molar-refractivity contribution in [3.8, 4) is 0 Å². The Balaban J connectivity index is 2.33. The molecule has 1 nitrogen and oxygen atoms in total. The van der Waals surface area contributed by atoms with Crippen LogP contribution in [0.5, 0.6) is 0 Å². The Morgan fingerprint density at radius 3 is 2.00 bits per heavy atom. The van der Waals surface area contributed by atoms with E-state index in [4.69, 9.17) is 0 Å². The van der Waals surface area contributed by atoms with Gasteiger partial charge in [-0.2, -0.15) is 0 Å². The molecule has 0 N–H and O–H groups in total. The summed E-state index contributed by atoms with van der Waals surface area (Å²) in [5.74, 6) is 1.51. The van der Waals surface area contributed by atoms with Gasteiger partial charge in [0.15, 0.2) is 0 Å². The summed E-state index contributed by atoms with van der Waals surface area (Å²) in [6.07, 6.45) is 0. The van der Waals surface area contributed by atoms with Crippen LogP contribution in [0.1, 0.15) is 20.8 Å². The number of aliphatic imine (C=N–C) groups is 1. The van der Waals surface area contributed by atoms with Crippen LogP contribution in [-0.4, -0.2) is 12.3 Å². The molecule has 0 fully saturated rings. The smallest absolute Gasteiger partial charge is 0.0771 e. The molecule has 0 aromatic rings. The van der Waals surface area contributed by atoms with Crippen LogP contribution in [0.25, 0.3) is 0 Å². The van der Waals surface area contributed by atoms with Gasteiger partial charge >= 0.3 is 0 Å². The third-order valence-electron chi connectivity index (χ3n) is 1.87. The second-order valence-corrected chi connectivity index (χ2v) is 2.84. The van der Waals surface area contributed by atoms with Crippen molar-refractivity contribution in [3.63, 3.8) is 0 Å². The summed E-state index contributed by atoms with van der Waals surface area (Å²) in [6, 6.07) is 0. The van der Waals surface area contributed by atoms with Crippen LogP contribution >= 0.6 is 0 Å². The first-order valence-electron chi connectivity index (χ1n) is 3.25. The van der Waals surface area contributed by atoms with Gasteiger partial charge in [-0.15, -0.1) is 0 Å². The highest BCUT2D eigenvalue weighted by atomic mass is 14.9. The van der Waals surface area contributed by atoms with E-state index in [1.54, 1.807) is 0 Å². The predicted molar refractivity (Wildman–Crippen MR) is 36.3 cm³/mol. The Morgan fingerprint density at radius 2 is 1.88 bits per heavy atom. The largest absolute Gasteiger partial charge is 0.286 e. The monoisotopic (exact) mass is 111 g/mol. The van der Waals surface area contributed by atoms with Gasteiger partial charge in [-0.3, -0.25) is 4.99 Å². The highest BCUT2D eigenvalue weighted by molar-refractivity contribution is 5.98. The molecule has 0 aromatic carbocycles. The third-order valence-corrected chi connectivity index (χ3v) is 1.87. The van der Waals surface area contributed by atoms with Gasteiger partial charge in [0, 0.05) is 5.71 Å². The van der Waals surface area contributed by atoms with E-state index in [9.17, 15) is 0 Å². The molecule has 1 heterocycles. The average molecular weight is 111 g/mol. The van der Waals surface area contributed by atoms with Crippen LogP contribution in [0.2, 0.25) is 0 Å². The number of hydrogen-bond donors (Lipinski definition) is 0. The molecule has 8 heavy (non-hydrogen) atoms. The Morgan fingerprint density at radius 1 is 1.38 bits per heavy atom. The van der Waals surface area contributed by atoms with Crippen molar-refractivity contribution in [1.82, 2.24) is 0 Å². The van der Waals surface area contributed by atoms with Crippen molar-refractivity contribution in [2.24, 2.45) is 16.8 Å². The molecule has 0 saturated heterocycles. The number of nitrogens with zero attached hydrogens (tertiary/aromatic N) is 1. The van der Waals surface area contributed by atoms with E-state index in [2.05, 4.69) is 25.8 Å². The molecule has 1 rings (SSSR count). The van der Waals surface area contributed by atoms with Gasteiger partial charge in [-0.05, 0) is 11.8 Å². The fourth-order valence-electron chi connectivity index (χ4n) is 0.718. The van der Waals surface area contributed by atoms with Crippen LogP contribution in [0.15, 0.2) is 4.99 Å². The number of hydrogen-bond acceptors (Lipinski definition) is 1. The van der Waals surface area contributed by atoms with Crippen LogP contribution < -0.4 is 0 Å². The first-order valence-corrected chi connectivity index (χ1v) is 3.25. The minimum absolute atomic E-state index is 0.731. The molecule has 0 aromatic heterocycles. The molecule has 0 aliphatic carbocycles. The lowest BCUT2D eigenvalue weighted by Crippen LogP contribution is -2.08. The predicted octanol–water partition coefficient (Wildman–Crippen LogP) is 1.73. The molecule has 1 unspecified atom stereocenters. The Hall–Kier alpha value is -0.330. The van der Waals surface area contributed by atoms with Crippen LogP contribution in [0.4, 0.5) is 0 Å². The molecule has 0 saturated carbocycles. The maximum atomic E-state index is 4.14. The van der Waals surface area contributed by atoms with Gasteiger partial charge in [0.25, 0.3) is 0 Å². The van der Waals surface area contributed by atoms with Crippen LogP contribution in [0.3, 0.4) is 0 Å². The van der Waals surface area contributed by atoms with Crippen molar-refractivity contribution in [2.45, 2.75) is 20.8 Å². The van der Waals surface area contributed by atoms with Gasteiger partial charge in [0.2, 0.25) is 0 Å². The normalized spacial score (nSPS) is 20.8.